The number of aliphatic hydroxyl groups excluding tert-OH is 2. The van der Waals surface area contributed by atoms with Crippen molar-refractivity contribution in [3.63, 3.8) is 0 Å². The summed E-state index contributed by atoms with van der Waals surface area (Å²) in [5.74, 6) is -4.72. The van der Waals surface area contributed by atoms with Crippen LogP contribution in [0.1, 0.15) is 27.7 Å². The van der Waals surface area contributed by atoms with E-state index in [9.17, 15) is 29.4 Å². The van der Waals surface area contributed by atoms with Crippen LogP contribution in [0.25, 0.3) is 0 Å². The van der Waals surface area contributed by atoms with E-state index in [4.69, 9.17) is 79.3 Å². The monoisotopic (exact) mass is 662 g/mol. The number of hydrogen-bond donors (Lipinski definition) is 6. The first-order chi connectivity index (χ1) is 20.0. The van der Waals surface area contributed by atoms with Gasteiger partial charge in [0.2, 0.25) is 12.6 Å². The Hall–Kier alpha value is -1.90. The molecule has 248 valence electrons. The normalized spacial score (nSPS) is 35.5. The van der Waals surface area contributed by atoms with Crippen LogP contribution in [0.15, 0.2) is 0 Å². The van der Waals surface area contributed by atoms with Gasteiger partial charge in [-0.15, -0.1) is 23.2 Å². The zero-order chi connectivity index (χ0) is 32.8. The lowest BCUT2D eigenvalue weighted by Crippen LogP contribution is -2.66. The number of carbonyl (C=O) groups is 4. The highest BCUT2D eigenvalue weighted by atomic mass is 35.5. The average Bonchev–Trinajstić information content (AvgIpc) is 2.94. The molecular weight excluding hydrogens is 623 g/mol. The van der Waals surface area contributed by atoms with Gasteiger partial charge in [0.25, 0.3) is 0 Å². The van der Waals surface area contributed by atoms with Gasteiger partial charge in [0.05, 0.1) is 11.8 Å². The molecule has 0 aromatic rings. The lowest BCUT2D eigenvalue weighted by molar-refractivity contribution is -0.371. The fourth-order valence-electron chi connectivity index (χ4n) is 3.87. The first-order valence-electron chi connectivity index (χ1n) is 13.3. The number of nitrogens with two attached hydrogens (primary N) is 4. The van der Waals surface area contributed by atoms with Gasteiger partial charge < -0.3 is 66.3 Å². The van der Waals surface area contributed by atoms with Gasteiger partial charge in [0.1, 0.15) is 48.6 Å². The molecule has 0 saturated carbocycles. The van der Waals surface area contributed by atoms with Gasteiger partial charge in [-0.25, -0.2) is 0 Å². The van der Waals surface area contributed by atoms with Crippen LogP contribution in [0.5, 0.6) is 0 Å². The van der Waals surface area contributed by atoms with E-state index in [1.807, 2.05) is 0 Å². The Morgan fingerprint density at radius 2 is 0.860 bits per heavy atom. The maximum atomic E-state index is 12.6. The van der Waals surface area contributed by atoms with E-state index in [1.165, 1.54) is 27.7 Å². The minimum absolute atomic E-state index is 0.368. The molecule has 10 N–H and O–H groups in total. The highest BCUT2D eigenvalue weighted by Gasteiger charge is 2.55. The molecule has 2 rings (SSSR count). The lowest BCUT2D eigenvalue weighted by Gasteiger charge is -2.47. The summed E-state index contributed by atoms with van der Waals surface area (Å²) in [5.41, 5.74) is 22.5. The van der Waals surface area contributed by atoms with E-state index in [-0.39, 0.29) is 11.8 Å². The first kappa shape index (κ1) is 37.3. The Balaban J connectivity index is 2.58. The van der Waals surface area contributed by atoms with Crippen molar-refractivity contribution in [2.24, 2.45) is 22.9 Å². The summed E-state index contributed by atoms with van der Waals surface area (Å²) in [6, 6.07) is -4.67. The number of carbonyl (C=O) groups excluding carboxylic acids is 4. The zero-order valence-electron chi connectivity index (χ0n) is 23.9. The zero-order valence-corrected chi connectivity index (χ0v) is 25.5. The fourth-order valence-corrected chi connectivity index (χ4v) is 4.38. The molecular formula is C24H40Cl2N4O13. The Bertz CT molecular complexity index is 902. The van der Waals surface area contributed by atoms with Crippen molar-refractivity contribution >= 4 is 47.1 Å². The predicted molar refractivity (Wildman–Crippen MR) is 146 cm³/mol. The lowest BCUT2D eigenvalue weighted by atomic mass is 9.97. The summed E-state index contributed by atoms with van der Waals surface area (Å²) < 4.78 is 39.0. The van der Waals surface area contributed by atoms with E-state index in [1.54, 1.807) is 0 Å². The predicted octanol–water partition coefficient (Wildman–Crippen LogP) is -3.31. The smallest absolute Gasteiger partial charge is 0.323 e. The molecule has 2 fully saturated rings. The summed E-state index contributed by atoms with van der Waals surface area (Å²) in [6.07, 6.45) is -16.2. The summed E-state index contributed by atoms with van der Waals surface area (Å²) >= 11 is 12.0. The van der Waals surface area contributed by atoms with Crippen molar-refractivity contribution in [3.8, 4) is 0 Å². The van der Waals surface area contributed by atoms with Gasteiger partial charge in [-0.2, -0.15) is 0 Å². The number of alkyl halides is 2. The molecule has 14 atom stereocenters. The van der Waals surface area contributed by atoms with Crippen LogP contribution < -0.4 is 22.9 Å². The second-order valence-corrected chi connectivity index (χ2v) is 10.9. The number of aliphatic hydroxyl groups is 2. The minimum atomic E-state index is -1.77. The average molecular weight is 664 g/mol. The second kappa shape index (κ2) is 16.4. The number of halogens is 2. The maximum absolute atomic E-state index is 12.6. The molecule has 2 heterocycles. The van der Waals surface area contributed by atoms with Crippen LogP contribution >= 0.6 is 23.2 Å². The molecule has 0 radical (unpaired) electrons. The third-order valence-electron chi connectivity index (χ3n) is 6.31. The van der Waals surface area contributed by atoms with Gasteiger partial charge in [-0.05, 0) is 27.7 Å². The van der Waals surface area contributed by atoms with E-state index < -0.39 is 109 Å². The highest BCUT2D eigenvalue weighted by Crippen LogP contribution is 2.34. The van der Waals surface area contributed by atoms with Crippen molar-refractivity contribution < 1.29 is 62.5 Å². The van der Waals surface area contributed by atoms with Crippen LogP contribution in [0.2, 0.25) is 0 Å². The van der Waals surface area contributed by atoms with Crippen LogP contribution in [0.3, 0.4) is 0 Å². The summed E-state index contributed by atoms with van der Waals surface area (Å²) in [5, 5.41) is 21.8. The first-order valence-corrected chi connectivity index (χ1v) is 14.4. The molecule has 0 unspecified atom stereocenters. The van der Waals surface area contributed by atoms with Gasteiger partial charge in [0.15, 0.2) is 24.4 Å². The summed E-state index contributed by atoms with van der Waals surface area (Å²) in [7, 11) is 0. The molecule has 0 bridgehead atoms. The summed E-state index contributed by atoms with van der Waals surface area (Å²) in [4.78, 5) is 50.0. The van der Waals surface area contributed by atoms with Crippen molar-refractivity contribution in [1.82, 2.24) is 0 Å². The number of ether oxygens (including phenoxy) is 7. The van der Waals surface area contributed by atoms with Gasteiger partial charge >= 0.3 is 23.9 Å². The quantitative estimate of drug-likeness (QED) is 0.0677. The molecule has 2 aliphatic rings. The Kier molecular flexibility index (Phi) is 14.2. The van der Waals surface area contributed by atoms with Crippen LogP contribution in [-0.2, 0) is 52.3 Å². The van der Waals surface area contributed by atoms with Crippen molar-refractivity contribution in [3.05, 3.63) is 0 Å². The Morgan fingerprint density at radius 1 is 0.605 bits per heavy atom. The topological polar surface area (TPSA) is 277 Å². The largest absolute Gasteiger partial charge is 0.454 e. The van der Waals surface area contributed by atoms with Crippen molar-refractivity contribution in [2.75, 3.05) is 11.8 Å². The fraction of sp³-hybridized carbons (Fsp3) is 0.833. The molecule has 19 heteroatoms. The second-order valence-electron chi connectivity index (χ2n) is 10.3. The van der Waals surface area contributed by atoms with Gasteiger partial charge in [-0.1, -0.05) is 0 Å². The molecule has 43 heavy (non-hydrogen) atoms. The van der Waals surface area contributed by atoms with Crippen LogP contribution in [0.4, 0.5) is 0 Å². The Morgan fingerprint density at radius 3 is 1.09 bits per heavy atom. The molecule has 2 saturated heterocycles. The van der Waals surface area contributed by atoms with Gasteiger partial charge in [-0.3, -0.25) is 19.2 Å². The third-order valence-corrected chi connectivity index (χ3v) is 6.91. The van der Waals surface area contributed by atoms with E-state index in [0.717, 1.165) is 0 Å². The van der Waals surface area contributed by atoms with E-state index in [2.05, 4.69) is 0 Å². The maximum Gasteiger partial charge on any atom is 0.323 e. The summed E-state index contributed by atoms with van der Waals surface area (Å²) in [6.45, 7) is 5.25. The molecule has 0 aromatic heterocycles. The van der Waals surface area contributed by atoms with E-state index in [0.29, 0.717) is 0 Å². The molecule has 2 aliphatic heterocycles. The number of hydrogen-bond acceptors (Lipinski definition) is 17. The Labute approximate surface area is 257 Å². The van der Waals surface area contributed by atoms with Gasteiger partial charge in [0, 0.05) is 0 Å². The molecule has 17 nitrogen and oxygen atoms in total. The molecule has 0 spiro atoms. The minimum Gasteiger partial charge on any atom is -0.454 e. The number of rotatable bonds is 12. The molecule has 0 amide bonds. The number of esters is 4. The van der Waals surface area contributed by atoms with Crippen molar-refractivity contribution in [2.45, 2.75) is 113 Å². The molecule has 0 aliphatic carbocycles. The van der Waals surface area contributed by atoms with Crippen LogP contribution in [-0.4, -0.2) is 131 Å². The van der Waals surface area contributed by atoms with E-state index >= 15 is 0 Å². The highest BCUT2D eigenvalue weighted by molar-refractivity contribution is 6.18. The molecule has 0 aromatic carbocycles. The third kappa shape index (κ3) is 9.54. The SMILES string of the molecule is C[C@H](N)C(=O)O[C@H]1[C@@H](O[C@H]2O[C@H](CCl)[C@@H](O)[C@H](OC(=O)[C@H](C)N)[C@H]2OC(=O)[C@H](C)N)O[C@H](CCl)[C@@H](O)[C@@H]1OC(=O)[C@H](C)N. The van der Waals surface area contributed by atoms with Crippen molar-refractivity contribution in [1.29, 1.82) is 0 Å². The van der Waals surface area contributed by atoms with Crippen LogP contribution in [0, 0.1) is 0 Å². The standard InChI is InChI=1S/C24H40Cl2N4O13/c1-7(27)19(33)39-15-13(31)11(5-25)37-23(17(15)41-21(35)9(3)29)43-24-18(42-22(36)10(4)30)16(40-20(34)8(2)28)14(32)12(6-26)38-24/h7-18,23-24,31-32H,5-6,27-30H2,1-4H3/t7-,8-,9-,10-,11+,12+,13+,14+,15-,16-,17+,18+,23+,24+/m0/s1.